The van der Waals surface area contributed by atoms with Crippen molar-refractivity contribution in [1.29, 1.82) is 0 Å². The van der Waals surface area contributed by atoms with Gasteiger partial charge in [0.2, 0.25) is 41.4 Å². The van der Waals surface area contributed by atoms with E-state index in [0.717, 1.165) is 54.7 Å². The minimum atomic E-state index is -1.79. The van der Waals surface area contributed by atoms with Crippen molar-refractivity contribution in [2.24, 2.45) is 0 Å². The van der Waals surface area contributed by atoms with Gasteiger partial charge in [0, 0.05) is 60.6 Å². The van der Waals surface area contributed by atoms with Gasteiger partial charge in [-0.2, -0.15) is 0 Å². The molecule has 0 unspecified atom stereocenters. The van der Waals surface area contributed by atoms with Gasteiger partial charge in [-0.3, -0.25) is 38.4 Å². The molecule has 6 atom stereocenters. The maximum Gasteiger partial charge on any atom is 0.308 e. The number of carbonyl (C=O) groups excluding carboxylic acids is 7. The van der Waals surface area contributed by atoms with Gasteiger partial charge < -0.3 is 56.5 Å². The molecule has 0 aliphatic carbocycles. The monoisotopic (exact) mass is 828 g/mol. The van der Waals surface area contributed by atoms with Gasteiger partial charge in [0.05, 0.1) is 18.8 Å². The van der Waals surface area contributed by atoms with E-state index in [4.69, 9.17) is 56.5 Å². The third-order valence-corrected chi connectivity index (χ3v) is 8.57. The number of hydrogen-bond acceptors (Lipinski definition) is 20. The zero-order valence-corrected chi connectivity index (χ0v) is 32.8. The summed E-state index contributed by atoms with van der Waals surface area (Å²) in [4.78, 5) is 97.8. The fourth-order valence-electron chi connectivity index (χ4n) is 6.34. The number of hydrogen-bond donors (Lipinski definition) is 0. The van der Waals surface area contributed by atoms with Crippen molar-refractivity contribution in [2.75, 3.05) is 26.4 Å². The highest BCUT2D eigenvalue weighted by atomic mass is 16.7. The van der Waals surface area contributed by atoms with Crippen molar-refractivity contribution < 1.29 is 90.1 Å². The van der Waals surface area contributed by atoms with E-state index < -0.39 is 103 Å². The minimum absolute atomic E-state index is 0.0296. The van der Waals surface area contributed by atoms with Crippen LogP contribution in [0.1, 0.15) is 48.5 Å². The number of benzene rings is 2. The van der Waals surface area contributed by atoms with E-state index in [1.807, 2.05) is 0 Å². The van der Waals surface area contributed by atoms with Crippen molar-refractivity contribution >= 4 is 52.8 Å². The third-order valence-electron chi connectivity index (χ3n) is 8.57. The SMILES string of the molecule is CC(=O)OC[C@@]1(OC(C)=O)CO[C@@H](Oc2ccc(-c3coc4cc(O[C@@H]5OC[C@@](COC(C)=O)(OC(C)=O)[C@H]5OC(C)=O)cc(OC(C)=O)c4c3=O)cc2)[C@@H]1OC(C)=O. The van der Waals surface area contributed by atoms with E-state index in [0.29, 0.717) is 5.56 Å². The van der Waals surface area contributed by atoms with E-state index >= 15 is 0 Å². The molecule has 20 heteroatoms. The minimum Gasteiger partial charge on any atom is -0.463 e. The van der Waals surface area contributed by atoms with Crippen LogP contribution in [0.25, 0.3) is 22.1 Å². The third kappa shape index (κ3) is 10.3. The maximum absolute atomic E-state index is 14.0. The lowest BCUT2D eigenvalue weighted by Crippen LogP contribution is -2.54. The van der Waals surface area contributed by atoms with Crippen LogP contribution in [-0.2, 0) is 71.5 Å². The molecular formula is C39H40O20. The summed E-state index contributed by atoms with van der Waals surface area (Å²) >= 11 is 0. The Morgan fingerprint density at radius 3 is 1.56 bits per heavy atom. The summed E-state index contributed by atoms with van der Waals surface area (Å²) in [7, 11) is 0. The van der Waals surface area contributed by atoms with Crippen LogP contribution in [0.3, 0.4) is 0 Å². The second kappa shape index (κ2) is 17.9. The highest BCUT2D eigenvalue weighted by molar-refractivity contribution is 5.90. The Hall–Kier alpha value is -6.54. The predicted octanol–water partition coefficient (Wildman–Crippen LogP) is 2.45. The van der Waals surface area contributed by atoms with Crippen molar-refractivity contribution in [2.45, 2.75) is 84.5 Å². The fraction of sp³-hybridized carbons (Fsp3) is 0.436. The molecular weight excluding hydrogens is 788 g/mol. The Morgan fingerprint density at radius 1 is 0.627 bits per heavy atom. The first kappa shape index (κ1) is 43.6. The number of carbonyl (C=O) groups is 7. The Morgan fingerprint density at radius 2 is 1.12 bits per heavy atom. The first-order valence-electron chi connectivity index (χ1n) is 17.8. The molecule has 3 heterocycles. The van der Waals surface area contributed by atoms with Crippen LogP contribution in [-0.4, -0.2) is 104 Å². The molecule has 0 radical (unpaired) electrons. The Kier molecular flexibility index (Phi) is 13.3. The lowest BCUT2D eigenvalue weighted by molar-refractivity contribution is -0.195. The van der Waals surface area contributed by atoms with Gasteiger partial charge in [-0.25, -0.2) is 0 Å². The molecule has 59 heavy (non-hydrogen) atoms. The van der Waals surface area contributed by atoms with Crippen molar-refractivity contribution in [3.05, 3.63) is 52.9 Å². The van der Waals surface area contributed by atoms with Gasteiger partial charge in [0.15, 0.2) is 0 Å². The van der Waals surface area contributed by atoms with E-state index in [-0.39, 0.29) is 40.4 Å². The van der Waals surface area contributed by atoms with Crippen LogP contribution in [0.2, 0.25) is 0 Å². The summed E-state index contributed by atoms with van der Waals surface area (Å²) in [5, 5.41) is -0.156. The molecule has 1 aromatic heterocycles. The second-order valence-corrected chi connectivity index (χ2v) is 13.4. The Labute approximate surface area is 334 Å². The number of rotatable bonds is 14. The second-order valence-electron chi connectivity index (χ2n) is 13.4. The van der Waals surface area contributed by atoms with Gasteiger partial charge in [0.1, 0.15) is 47.7 Å². The highest BCUT2D eigenvalue weighted by Crippen LogP contribution is 2.38. The summed E-state index contributed by atoms with van der Waals surface area (Å²) in [6, 6.07) is 8.42. The Bertz CT molecular complexity index is 2190. The first-order valence-corrected chi connectivity index (χ1v) is 17.8. The van der Waals surface area contributed by atoms with Crippen LogP contribution in [0, 0.1) is 0 Å². The quantitative estimate of drug-likeness (QED) is 0.128. The number of fused-ring (bicyclic) bond motifs is 1. The normalized spacial score (nSPS) is 23.4. The van der Waals surface area contributed by atoms with Crippen LogP contribution in [0.4, 0.5) is 0 Å². The van der Waals surface area contributed by atoms with Gasteiger partial charge in [0.25, 0.3) is 0 Å². The molecule has 0 bridgehead atoms. The average Bonchev–Trinajstić information content (AvgIpc) is 3.61. The lowest BCUT2D eigenvalue weighted by atomic mass is 10.00. The van der Waals surface area contributed by atoms with Gasteiger partial charge in [-0.1, -0.05) is 12.1 Å². The standard InChI is InChI=1S/C39H40O20/c1-19(40)49-15-38(58-24(6)45)17-51-36(34(38)54-22(4)43)56-27-10-8-26(9-11-27)29-14-48-30-12-28(13-31(53-21(3)42)32(30)33(29)47)57-37-35(55-23(5)44)39(18-52-37,59-25(7)46)16-50-20(2)41/h8-14,34-37H,15-18H2,1-7H3/t34-,35-,36-,37-,38+,39+/m0/s1. The summed E-state index contributed by atoms with van der Waals surface area (Å²) in [5.41, 5.74) is -3.87. The van der Waals surface area contributed by atoms with Crippen molar-refractivity contribution in [3.8, 4) is 28.4 Å². The predicted molar refractivity (Wildman–Crippen MR) is 193 cm³/mol. The molecule has 2 saturated heterocycles. The van der Waals surface area contributed by atoms with Crippen LogP contribution >= 0.6 is 0 Å². The maximum atomic E-state index is 14.0. The molecule has 2 fully saturated rings. The van der Waals surface area contributed by atoms with Crippen LogP contribution in [0.5, 0.6) is 17.2 Å². The Balaban J connectivity index is 1.43. The molecule has 2 aliphatic rings. The smallest absolute Gasteiger partial charge is 0.308 e. The van der Waals surface area contributed by atoms with Crippen LogP contribution in [0.15, 0.2) is 51.9 Å². The highest BCUT2D eigenvalue weighted by Gasteiger charge is 2.59. The molecule has 2 aliphatic heterocycles. The van der Waals surface area contributed by atoms with E-state index in [1.165, 1.54) is 36.4 Å². The molecule has 3 aromatic rings. The molecule has 0 saturated carbocycles. The number of ether oxygens (including phenoxy) is 11. The van der Waals surface area contributed by atoms with Gasteiger partial charge in [-0.15, -0.1) is 0 Å². The average molecular weight is 829 g/mol. The molecule has 0 spiro atoms. The first-order chi connectivity index (χ1) is 27.8. The lowest BCUT2D eigenvalue weighted by Gasteiger charge is -2.32. The summed E-state index contributed by atoms with van der Waals surface area (Å²) < 4.78 is 66.6. The molecule has 316 valence electrons. The molecule has 20 nitrogen and oxygen atoms in total. The van der Waals surface area contributed by atoms with E-state index in [1.54, 1.807) is 0 Å². The van der Waals surface area contributed by atoms with E-state index in [9.17, 15) is 38.4 Å². The zero-order chi connectivity index (χ0) is 43.2. The largest absolute Gasteiger partial charge is 0.463 e. The van der Waals surface area contributed by atoms with Crippen molar-refractivity contribution in [3.63, 3.8) is 0 Å². The van der Waals surface area contributed by atoms with Crippen LogP contribution < -0.4 is 19.6 Å². The van der Waals surface area contributed by atoms with Crippen molar-refractivity contribution in [1.82, 2.24) is 0 Å². The fourth-order valence-corrected chi connectivity index (χ4v) is 6.34. The molecule has 5 rings (SSSR count). The topological polar surface area (TPSA) is 251 Å². The molecule has 0 N–H and O–H groups in total. The molecule has 0 amide bonds. The van der Waals surface area contributed by atoms with Gasteiger partial charge in [-0.05, 0) is 17.7 Å². The zero-order valence-electron chi connectivity index (χ0n) is 32.8. The van der Waals surface area contributed by atoms with Gasteiger partial charge >= 0.3 is 41.8 Å². The van der Waals surface area contributed by atoms with E-state index in [2.05, 4.69) is 0 Å². The number of esters is 7. The summed E-state index contributed by atoms with van der Waals surface area (Å²) in [6.07, 6.45) is -4.44. The summed E-state index contributed by atoms with van der Waals surface area (Å²) in [6.45, 7) is 6.04. The molecule has 2 aromatic carbocycles. The summed E-state index contributed by atoms with van der Waals surface area (Å²) in [5.74, 6) is -5.49.